The van der Waals surface area contributed by atoms with Gasteiger partial charge >= 0.3 is 0 Å². The molecule has 0 unspecified atom stereocenters. The van der Waals surface area contributed by atoms with E-state index in [1.165, 1.54) is 23.5 Å². The summed E-state index contributed by atoms with van der Waals surface area (Å²) in [5, 5.41) is 3.16. The Morgan fingerprint density at radius 1 is 1.24 bits per heavy atom. The van der Waals surface area contributed by atoms with E-state index in [1.54, 1.807) is 19.1 Å². The SMILES string of the molecule is Cc1sc(NC(=O)Cc2ccc(F)cc2)c(C(N)=O)c1C. The van der Waals surface area contributed by atoms with Gasteiger partial charge in [-0.05, 0) is 37.1 Å². The fourth-order valence-electron chi connectivity index (χ4n) is 1.97. The van der Waals surface area contributed by atoms with E-state index in [0.717, 1.165) is 10.4 Å². The van der Waals surface area contributed by atoms with Crippen LogP contribution in [0.3, 0.4) is 0 Å². The number of carbonyl (C=O) groups is 2. The number of nitrogens with two attached hydrogens (primary N) is 1. The van der Waals surface area contributed by atoms with Gasteiger partial charge < -0.3 is 11.1 Å². The summed E-state index contributed by atoms with van der Waals surface area (Å²) in [7, 11) is 0. The van der Waals surface area contributed by atoms with E-state index in [2.05, 4.69) is 5.32 Å². The smallest absolute Gasteiger partial charge is 0.251 e. The van der Waals surface area contributed by atoms with Crippen LogP contribution < -0.4 is 11.1 Å². The highest BCUT2D eigenvalue weighted by atomic mass is 32.1. The second-order valence-corrected chi connectivity index (χ2v) is 5.93. The Balaban J connectivity index is 2.15. The molecule has 0 atom stereocenters. The Bertz CT molecular complexity index is 692. The van der Waals surface area contributed by atoms with E-state index in [4.69, 9.17) is 5.73 Å². The van der Waals surface area contributed by atoms with Crippen molar-refractivity contribution in [2.24, 2.45) is 5.73 Å². The molecular formula is C15H15FN2O2S. The highest BCUT2D eigenvalue weighted by Gasteiger charge is 2.18. The molecule has 0 saturated carbocycles. The van der Waals surface area contributed by atoms with Gasteiger partial charge in [-0.25, -0.2) is 4.39 Å². The van der Waals surface area contributed by atoms with E-state index in [9.17, 15) is 14.0 Å². The normalized spacial score (nSPS) is 10.4. The van der Waals surface area contributed by atoms with Crippen molar-refractivity contribution in [2.75, 3.05) is 5.32 Å². The number of primary amides is 1. The number of amides is 2. The third-order valence-corrected chi connectivity index (χ3v) is 4.29. The van der Waals surface area contributed by atoms with Crippen molar-refractivity contribution < 1.29 is 14.0 Å². The zero-order valence-corrected chi connectivity index (χ0v) is 12.5. The minimum Gasteiger partial charge on any atom is -0.365 e. The van der Waals surface area contributed by atoms with Gasteiger partial charge in [0, 0.05) is 4.88 Å². The molecule has 2 rings (SSSR count). The summed E-state index contributed by atoms with van der Waals surface area (Å²) in [4.78, 5) is 24.4. The average molecular weight is 306 g/mol. The first-order valence-corrected chi connectivity index (χ1v) is 7.14. The Kier molecular flexibility index (Phi) is 4.37. The number of benzene rings is 1. The average Bonchev–Trinajstić information content (AvgIpc) is 2.67. The van der Waals surface area contributed by atoms with E-state index < -0.39 is 5.91 Å². The van der Waals surface area contributed by atoms with Crippen molar-refractivity contribution in [3.63, 3.8) is 0 Å². The molecule has 1 heterocycles. The fourth-order valence-corrected chi connectivity index (χ4v) is 3.05. The Morgan fingerprint density at radius 3 is 2.43 bits per heavy atom. The van der Waals surface area contributed by atoms with Gasteiger partial charge in [0.05, 0.1) is 12.0 Å². The number of hydrogen-bond acceptors (Lipinski definition) is 3. The Hall–Kier alpha value is -2.21. The van der Waals surface area contributed by atoms with Crippen molar-refractivity contribution in [3.05, 3.63) is 51.7 Å². The minimum absolute atomic E-state index is 0.106. The molecule has 3 N–H and O–H groups in total. The molecule has 0 aliphatic heterocycles. The summed E-state index contributed by atoms with van der Waals surface area (Å²) < 4.78 is 12.8. The van der Waals surface area contributed by atoms with E-state index >= 15 is 0 Å². The first-order chi connectivity index (χ1) is 9.88. The van der Waals surface area contributed by atoms with Crippen LogP contribution in [-0.4, -0.2) is 11.8 Å². The van der Waals surface area contributed by atoms with Crippen LogP contribution in [0.2, 0.25) is 0 Å². The largest absolute Gasteiger partial charge is 0.365 e. The van der Waals surface area contributed by atoms with Crippen molar-refractivity contribution in [2.45, 2.75) is 20.3 Å². The molecule has 6 heteroatoms. The topological polar surface area (TPSA) is 72.2 Å². The highest BCUT2D eigenvalue weighted by molar-refractivity contribution is 7.16. The van der Waals surface area contributed by atoms with E-state index in [0.29, 0.717) is 16.1 Å². The molecule has 0 aliphatic rings. The van der Waals surface area contributed by atoms with Gasteiger partial charge in [0.2, 0.25) is 5.91 Å². The lowest BCUT2D eigenvalue weighted by Crippen LogP contribution is -2.18. The predicted octanol–water partition coefficient (Wildman–Crippen LogP) is 2.78. The summed E-state index contributed by atoms with van der Waals surface area (Å²) in [6.07, 6.45) is 0.106. The van der Waals surface area contributed by atoms with Crippen LogP contribution in [-0.2, 0) is 11.2 Å². The van der Waals surface area contributed by atoms with Gasteiger partial charge in [-0.3, -0.25) is 9.59 Å². The lowest BCUT2D eigenvalue weighted by molar-refractivity contribution is -0.115. The number of aryl methyl sites for hydroxylation is 1. The van der Waals surface area contributed by atoms with Crippen LogP contribution in [0.1, 0.15) is 26.4 Å². The van der Waals surface area contributed by atoms with Crippen molar-refractivity contribution in [1.29, 1.82) is 0 Å². The monoisotopic (exact) mass is 306 g/mol. The highest BCUT2D eigenvalue weighted by Crippen LogP contribution is 2.32. The van der Waals surface area contributed by atoms with Gasteiger partial charge in [0.25, 0.3) is 5.91 Å². The maximum atomic E-state index is 12.8. The first kappa shape index (κ1) is 15.2. The molecule has 0 saturated heterocycles. The van der Waals surface area contributed by atoms with Crippen molar-refractivity contribution >= 4 is 28.2 Å². The molecule has 2 aromatic rings. The van der Waals surface area contributed by atoms with Gasteiger partial charge in [0.15, 0.2) is 0 Å². The molecule has 1 aromatic carbocycles. The number of nitrogens with one attached hydrogen (secondary N) is 1. The van der Waals surface area contributed by atoms with Crippen LogP contribution in [0.15, 0.2) is 24.3 Å². The fraction of sp³-hybridized carbons (Fsp3) is 0.200. The van der Waals surface area contributed by atoms with Crippen LogP contribution in [0, 0.1) is 19.7 Å². The molecule has 110 valence electrons. The zero-order valence-electron chi connectivity index (χ0n) is 11.7. The van der Waals surface area contributed by atoms with Crippen molar-refractivity contribution in [3.8, 4) is 0 Å². The molecule has 0 fully saturated rings. The lowest BCUT2D eigenvalue weighted by Gasteiger charge is -2.05. The zero-order chi connectivity index (χ0) is 15.6. The quantitative estimate of drug-likeness (QED) is 0.911. The number of halogens is 1. The molecule has 0 spiro atoms. The summed E-state index contributed by atoms with van der Waals surface area (Å²) in [6.45, 7) is 3.66. The number of hydrogen-bond donors (Lipinski definition) is 2. The molecule has 2 amide bonds. The number of rotatable bonds is 4. The van der Waals surface area contributed by atoms with Crippen LogP contribution in [0.5, 0.6) is 0 Å². The third kappa shape index (κ3) is 3.46. The van der Waals surface area contributed by atoms with Crippen molar-refractivity contribution in [1.82, 2.24) is 0 Å². The third-order valence-electron chi connectivity index (χ3n) is 3.16. The summed E-state index contributed by atoms with van der Waals surface area (Å²) in [5.41, 5.74) is 7.18. The number of anilines is 1. The molecule has 4 nitrogen and oxygen atoms in total. The molecule has 21 heavy (non-hydrogen) atoms. The van der Waals surface area contributed by atoms with Gasteiger partial charge in [-0.1, -0.05) is 12.1 Å². The lowest BCUT2D eigenvalue weighted by atomic mass is 10.1. The second kappa shape index (κ2) is 6.05. The maximum Gasteiger partial charge on any atom is 0.251 e. The predicted molar refractivity (Wildman–Crippen MR) is 81.0 cm³/mol. The van der Waals surface area contributed by atoms with Gasteiger partial charge in [-0.15, -0.1) is 11.3 Å². The standard InChI is InChI=1S/C15H15FN2O2S/c1-8-9(2)21-15(13(8)14(17)20)18-12(19)7-10-3-5-11(16)6-4-10/h3-6H,7H2,1-2H3,(H2,17,20)(H,18,19). The van der Waals surface area contributed by atoms with Gasteiger partial charge in [-0.2, -0.15) is 0 Å². The van der Waals surface area contributed by atoms with Crippen LogP contribution in [0.25, 0.3) is 0 Å². The summed E-state index contributed by atoms with van der Waals surface area (Å²) >= 11 is 1.32. The van der Waals surface area contributed by atoms with Gasteiger partial charge in [0.1, 0.15) is 10.8 Å². The summed E-state index contributed by atoms with van der Waals surface area (Å²) in [5.74, 6) is -1.18. The summed E-state index contributed by atoms with van der Waals surface area (Å²) in [6, 6.07) is 5.71. The van der Waals surface area contributed by atoms with E-state index in [-0.39, 0.29) is 18.1 Å². The molecule has 1 aromatic heterocycles. The molecule has 0 radical (unpaired) electrons. The van der Waals surface area contributed by atoms with Crippen LogP contribution >= 0.6 is 11.3 Å². The second-order valence-electron chi connectivity index (χ2n) is 4.70. The van der Waals surface area contributed by atoms with E-state index in [1.807, 2.05) is 6.92 Å². The van der Waals surface area contributed by atoms with Crippen LogP contribution in [0.4, 0.5) is 9.39 Å². The number of carbonyl (C=O) groups excluding carboxylic acids is 2. The Labute approximate surface area is 125 Å². The first-order valence-electron chi connectivity index (χ1n) is 6.32. The molecule has 0 aliphatic carbocycles. The number of thiophene rings is 1. The molecule has 0 bridgehead atoms. The Morgan fingerprint density at radius 2 is 1.86 bits per heavy atom. The maximum absolute atomic E-state index is 12.8. The molecular weight excluding hydrogens is 291 g/mol. The minimum atomic E-state index is -0.561.